The van der Waals surface area contributed by atoms with E-state index < -0.39 is 29.1 Å². The predicted octanol–water partition coefficient (Wildman–Crippen LogP) is 1.33. The molecule has 9 nitrogen and oxygen atoms in total. The number of nitrogens with zero attached hydrogens (tertiary/aromatic N) is 2. The van der Waals surface area contributed by atoms with Crippen LogP contribution in [0.5, 0.6) is 23.0 Å². The van der Waals surface area contributed by atoms with Crippen LogP contribution in [0.15, 0.2) is 36.4 Å². The van der Waals surface area contributed by atoms with Crippen LogP contribution in [0, 0.1) is 0 Å². The summed E-state index contributed by atoms with van der Waals surface area (Å²) >= 11 is 0. The minimum absolute atomic E-state index is 0.0339. The Morgan fingerprint density at radius 1 is 0.828 bits per heavy atom. The maximum Gasteiger partial charge on any atom is 0.308 e. The first-order valence-corrected chi connectivity index (χ1v) is 8.88. The molecule has 1 heterocycles. The number of rotatable bonds is 3. The van der Waals surface area contributed by atoms with Gasteiger partial charge in [-0.2, -0.15) is 0 Å². The highest BCUT2D eigenvalue weighted by Crippen LogP contribution is 2.35. The number of esters is 1. The van der Waals surface area contributed by atoms with Crippen molar-refractivity contribution in [1.82, 2.24) is 9.80 Å². The summed E-state index contributed by atoms with van der Waals surface area (Å²) < 4.78 is 5.00. The van der Waals surface area contributed by atoms with Gasteiger partial charge in [0.2, 0.25) is 0 Å². The van der Waals surface area contributed by atoms with Crippen LogP contribution in [0.25, 0.3) is 0 Å². The van der Waals surface area contributed by atoms with Crippen LogP contribution in [0.3, 0.4) is 0 Å². The summed E-state index contributed by atoms with van der Waals surface area (Å²) in [6, 6.07) is 8.47. The first kappa shape index (κ1) is 20.0. The van der Waals surface area contributed by atoms with Crippen LogP contribution in [0.2, 0.25) is 0 Å². The topological polar surface area (TPSA) is 128 Å². The van der Waals surface area contributed by atoms with Gasteiger partial charge in [0.25, 0.3) is 11.8 Å². The SMILES string of the molecule is CC(=O)Oc1cccc(C(=O)N2CCN(C(=O)c3cc(O)c(O)c(O)c3)CC2)c1. The summed E-state index contributed by atoms with van der Waals surface area (Å²) in [7, 11) is 0. The molecular weight excluding hydrogens is 380 g/mol. The summed E-state index contributed by atoms with van der Waals surface area (Å²) in [5.41, 5.74) is 0.406. The summed E-state index contributed by atoms with van der Waals surface area (Å²) in [5.74, 6) is -2.74. The Hall–Kier alpha value is -3.75. The van der Waals surface area contributed by atoms with Crippen molar-refractivity contribution in [3.8, 4) is 23.0 Å². The number of benzene rings is 2. The lowest BCUT2D eigenvalue weighted by Crippen LogP contribution is -2.50. The second-order valence-corrected chi connectivity index (χ2v) is 6.57. The molecule has 9 heteroatoms. The van der Waals surface area contributed by atoms with Gasteiger partial charge in [0.1, 0.15) is 5.75 Å². The standard InChI is InChI=1S/C20H20N2O7/c1-12(23)29-15-4-2-3-13(9-15)19(27)21-5-7-22(8-6-21)20(28)14-10-16(24)18(26)17(25)11-14/h2-4,9-11,24-26H,5-8H2,1H3. The van der Waals surface area contributed by atoms with E-state index in [2.05, 4.69) is 0 Å². The molecule has 3 N–H and O–H groups in total. The molecular formula is C20H20N2O7. The Balaban J connectivity index is 1.65. The number of phenols is 3. The first-order chi connectivity index (χ1) is 13.8. The molecule has 2 aromatic carbocycles. The van der Waals surface area contributed by atoms with Crippen molar-refractivity contribution in [1.29, 1.82) is 0 Å². The zero-order valence-electron chi connectivity index (χ0n) is 15.7. The van der Waals surface area contributed by atoms with E-state index in [4.69, 9.17) is 4.74 Å². The Morgan fingerprint density at radius 3 is 1.86 bits per heavy atom. The van der Waals surface area contributed by atoms with Crippen molar-refractivity contribution in [3.63, 3.8) is 0 Å². The van der Waals surface area contributed by atoms with E-state index in [1.165, 1.54) is 17.9 Å². The van der Waals surface area contributed by atoms with Gasteiger partial charge in [0, 0.05) is 44.2 Å². The number of hydrogen-bond donors (Lipinski definition) is 3. The number of hydrogen-bond acceptors (Lipinski definition) is 7. The number of amides is 2. The molecule has 152 valence electrons. The van der Waals surface area contributed by atoms with Crippen LogP contribution >= 0.6 is 0 Å². The highest BCUT2D eigenvalue weighted by atomic mass is 16.5. The van der Waals surface area contributed by atoms with Crippen molar-refractivity contribution >= 4 is 17.8 Å². The maximum atomic E-state index is 12.7. The van der Waals surface area contributed by atoms with E-state index >= 15 is 0 Å². The van der Waals surface area contributed by atoms with E-state index in [1.54, 1.807) is 23.1 Å². The minimum atomic E-state index is -0.687. The molecule has 0 saturated carbocycles. The van der Waals surface area contributed by atoms with Crippen molar-refractivity contribution in [2.75, 3.05) is 26.2 Å². The molecule has 0 unspecified atom stereocenters. The molecule has 29 heavy (non-hydrogen) atoms. The molecule has 0 radical (unpaired) electrons. The molecule has 1 aliphatic rings. The molecule has 0 atom stereocenters. The molecule has 2 aromatic rings. The van der Waals surface area contributed by atoms with Gasteiger partial charge in [0.05, 0.1) is 0 Å². The van der Waals surface area contributed by atoms with E-state index in [0.717, 1.165) is 12.1 Å². The summed E-state index contributed by atoms with van der Waals surface area (Å²) in [6.45, 7) is 2.38. The van der Waals surface area contributed by atoms with Gasteiger partial charge in [-0.15, -0.1) is 0 Å². The van der Waals surface area contributed by atoms with Crippen LogP contribution in [0.1, 0.15) is 27.6 Å². The van der Waals surface area contributed by atoms with E-state index in [0.29, 0.717) is 18.7 Å². The van der Waals surface area contributed by atoms with Crippen LogP contribution in [0.4, 0.5) is 0 Å². The van der Waals surface area contributed by atoms with Gasteiger partial charge in [-0.25, -0.2) is 0 Å². The van der Waals surface area contributed by atoms with Gasteiger partial charge >= 0.3 is 5.97 Å². The van der Waals surface area contributed by atoms with Crippen molar-refractivity contribution in [3.05, 3.63) is 47.5 Å². The van der Waals surface area contributed by atoms with Crippen LogP contribution in [-0.2, 0) is 4.79 Å². The number of aromatic hydroxyl groups is 3. The normalized spacial score (nSPS) is 13.8. The number of carbonyl (C=O) groups is 3. The molecule has 0 aliphatic carbocycles. The van der Waals surface area contributed by atoms with Gasteiger partial charge in [0.15, 0.2) is 17.2 Å². The lowest BCUT2D eigenvalue weighted by atomic mass is 10.1. The third-order valence-electron chi connectivity index (χ3n) is 4.51. The molecule has 1 fully saturated rings. The number of ether oxygens (including phenoxy) is 1. The lowest BCUT2D eigenvalue weighted by molar-refractivity contribution is -0.131. The first-order valence-electron chi connectivity index (χ1n) is 8.88. The zero-order valence-corrected chi connectivity index (χ0v) is 15.7. The lowest BCUT2D eigenvalue weighted by Gasteiger charge is -2.35. The van der Waals surface area contributed by atoms with Crippen LogP contribution in [-0.4, -0.2) is 69.1 Å². The molecule has 1 aliphatic heterocycles. The van der Waals surface area contributed by atoms with Gasteiger partial charge < -0.3 is 29.9 Å². The largest absolute Gasteiger partial charge is 0.504 e. The van der Waals surface area contributed by atoms with Crippen LogP contribution < -0.4 is 4.74 Å². The molecule has 2 amide bonds. The second-order valence-electron chi connectivity index (χ2n) is 6.57. The van der Waals surface area contributed by atoms with Crippen molar-refractivity contribution in [2.24, 2.45) is 0 Å². The molecule has 0 spiro atoms. The second kappa shape index (κ2) is 8.09. The van der Waals surface area contributed by atoms with E-state index in [-0.39, 0.29) is 30.3 Å². The number of piperazine rings is 1. The van der Waals surface area contributed by atoms with E-state index in [9.17, 15) is 29.7 Å². The minimum Gasteiger partial charge on any atom is -0.504 e. The monoisotopic (exact) mass is 400 g/mol. The highest BCUT2D eigenvalue weighted by molar-refractivity contribution is 5.97. The summed E-state index contributed by atoms with van der Waals surface area (Å²) in [5, 5.41) is 28.6. The Kier molecular flexibility index (Phi) is 5.58. The van der Waals surface area contributed by atoms with Gasteiger partial charge in [-0.05, 0) is 30.3 Å². The number of carbonyl (C=O) groups excluding carboxylic acids is 3. The van der Waals surface area contributed by atoms with E-state index in [1.807, 2.05) is 0 Å². The van der Waals surface area contributed by atoms with Gasteiger partial charge in [-0.1, -0.05) is 6.07 Å². The summed E-state index contributed by atoms with van der Waals surface area (Å²) in [4.78, 5) is 39.4. The van der Waals surface area contributed by atoms with Gasteiger partial charge in [-0.3, -0.25) is 14.4 Å². The quantitative estimate of drug-likeness (QED) is 0.403. The maximum absolute atomic E-state index is 12.7. The zero-order chi connectivity index (χ0) is 21.1. The van der Waals surface area contributed by atoms with Crippen molar-refractivity contribution < 1.29 is 34.4 Å². The van der Waals surface area contributed by atoms with Crippen molar-refractivity contribution in [2.45, 2.75) is 6.92 Å². The predicted molar refractivity (Wildman–Crippen MR) is 101 cm³/mol. The number of phenolic OH excluding ortho intramolecular Hbond substituents is 3. The molecule has 1 saturated heterocycles. The fraction of sp³-hybridized carbons (Fsp3) is 0.250. The Labute approximate surface area is 166 Å². The smallest absolute Gasteiger partial charge is 0.308 e. The highest BCUT2D eigenvalue weighted by Gasteiger charge is 2.26. The third-order valence-corrected chi connectivity index (χ3v) is 4.51. The summed E-state index contributed by atoms with van der Waals surface area (Å²) in [6.07, 6.45) is 0. The average molecular weight is 400 g/mol. The Bertz CT molecular complexity index is 942. The Morgan fingerprint density at radius 2 is 1.34 bits per heavy atom. The average Bonchev–Trinajstić information content (AvgIpc) is 2.70. The fourth-order valence-corrected chi connectivity index (χ4v) is 3.06. The fourth-order valence-electron chi connectivity index (χ4n) is 3.06. The molecule has 0 bridgehead atoms. The third kappa shape index (κ3) is 4.40. The molecule has 3 rings (SSSR count). The molecule has 0 aromatic heterocycles.